The van der Waals surface area contributed by atoms with Crippen molar-refractivity contribution in [2.75, 3.05) is 19.5 Å². The first kappa shape index (κ1) is 17.7. The first-order valence-electron chi connectivity index (χ1n) is 7.19. The molecule has 0 saturated heterocycles. The molecule has 1 N–H and O–H groups in total. The topological polar surface area (TPSA) is 43.4 Å². The van der Waals surface area contributed by atoms with Gasteiger partial charge in [0.25, 0.3) is 0 Å². The highest BCUT2D eigenvalue weighted by Crippen LogP contribution is 2.40. The Morgan fingerprint density at radius 1 is 1.33 bits per heavy atom. The van der Waals surface area contributed by atoms with E-state index in [4.69, 9.17) is 9.16 Å². The van der Waals surface area contributed by atoms with Crippen molar-refractivity contribution < 1.29 is 9.16 Å². The zero-order valence-electron chi connectivity index (χ0n) is 14.3. The van der Waals surface area contributed by atoms with Crippen molar-refractivity contribution in [3.05, 3.63) is 30.5 Å². The van der Waals surface area contributed by atoms with E-state index in [0.29, 0.717) is 5.88 Å². The molecule has 1 unspecified atom stereocenters. The number of pyridine rings is 1. The Morgan fingerprint density at radius 2 is 1.95 bits per heavy atom. The molecular formula is C16H28N2O2Si. The molecule has 1 rings (SSSR count). The normalized spacial score (nSPS) is 13.7. The highest BCUT2D eigenvalue weighted by Gasteiger charge is 2.39. The standard InChI is InChI=1S/C16H28N2O2Si/c1-9-13(20-21(7,8)16(2,3)4)15-12(17-5)10-11-14(18-15)19-6/h9-11,13,17H,1H2,2-8H3. The van der Waals surface area contributed by atoms with E-state index in [0.717, 1.165) is 11.4 Å². The van der Waals surface area contributed by atoms with E-state index < -0.39 is 8.32 Å². The molecule has 1 aromatic rings. The molecule has 1 atom stereocenters. The van der Waals surface area contributed by atoms with Gasteiger partial charge in [-0.25, -0.2) is 4.98 Å². The van der Waals surface area contributed by atoms with E-state index in [2.05, 4.69) is 50.7 Å². The van der Waals surface area contributed by atoms with Gasteiger partial charge in [-0.1, -0.05) is 26.8 Å². The Hall–Kier alpha value is -1.33. The number of anilines is 1. The van der Waals surface area contributed by atoms with Crippen LogP contribution in [0.25, 0.3) is 0 Å². The highest BCUT2D eigenvalue weighted by atomic mass is 28.4. The number of nitrogens with zero attached hydrogens (tertiary/aromatic N) is 1. The van der Waals surface area contributed by atoms with Gasteiger partial charge in [-0.2, -0.15) is 0 Å². The van der Waals surface area contributed by atoms with Gasteiger partial charge in [-0.05, 0) is 24.2 Å². The molecule has 0 aliphatic carbocycles. The Bertz CT molecular complexity index is 496. The predicted octanol–water partition coefficient (Wildman–Crippen LogP) is 4.38. The lowest BCUT2D eigenvalue weighted by molar-refractivity contribution is 0.224. The average molecular weight is 308 g/mol. The van der Waals surface area contributed by atoms with Gasteiger partial charge in [0.15, 0.2) is 8.32 Å². The van der Waals surface area contributed by atoms with Crippen LogP contribution in [0.1, 0.15) is 32.6 Å². The van der Waals surface area contributed by atoms with E-state index in [1.54, 1.807) is 7.11 Å². The summed E-state index contributed by atoms with van der Waals surface area (Å²) < 4.78 is 11.7. The van der Waals surface area contributed by atoms with Crippen LogP contribution in [-0.4, -0.2) is 27.5 Å². The molecule has 0 saturated carbocycles. The molecule has 1 aromatic heterocycles. The highest BCUT2D eigenvalue weighted by molar-refractivity contribution is 6.74. The smallest absolute Gasteiger partial charge is 0.213 e. The second-order valence-corrected chi connectivity index (χ2v) is 11.3. The van der Waals surface area contributed by atoms with Gasteiger partial charge < -0.3 is 14.5 Å². The molecule has 1 heterocycles. The van der Waals surface area contributed by atoms with Crippen LogP contribution in [0, 0.1) is 0 Å². The summed E-state index contributed by atoms with van der Waals surface area (Å²) in [6.07, 6.45) is 1.56. The van der Waals surface area contributed by atoms with E-state index in [-0.39, 0.29) is 11.1 Å². The van der Waals surface area contributed by atoms with Crippen molar-refractivity contribution in [3.8, 4) is 5.88 Å². The second-order valence-electron chi connectivity index (χ2n) is 6.57. The van der Waals surface area contributed by atoms with Crippen LogP contribution in [0.4, 0.5) is 5.69 Å². The molecule has 5 heteroatoms. The average Bonchev–Trinajstić information content (AvgIpc) is 2.42. The van der Waals surface area contributed by atoms with Gasteiger partial charge in [-0.3, -0.25) is 0 Å². The molecule has 0 amide bonds. The number of aromatic nitrogens is 1. The monoisotopic (exact) mass is 308 g/mol. The van der Waals surface area contributed by atoms with Gasteiger partial charge in [0.05, 0.1) is 18.5 Å². The maximum Gasteiger partial charge on any atom is 0.213 e. The molecule has 0 fully saturated rings. The molecule has 0 spiro atoms. The number of hydrogen-bond acceptors (Lipinski definition) is 4. The maximum atomic E-state index is 6.44. The molecule has 4 nitrogen and oxygen atoms in total. The second kappa shape index (κ2) is 6.62. The zero-order valence-corrected chi connectivity index (χ0v) is 15.3. The van der Waals surface area contributed by atoms with Crippen LogP contribution in [0.5, 0.6) is 5.88 Å². The Kier molecular flexibility index (Phi) is 5.59. The number of ether oxygens (including phenoxy) is 1. The molecule has 0 aromatic carbocycles. The summed E-state index contributed by atoms with van der Waals surface area (Å²) in [7, 11) is 1.57. The van der Waals surface area contributed by atoms with Crippen molar-refractivity contribution in [1.29, 1.82) is 0 Å². The third kappa shape index (κ3) is 4.08. The van der Waals surface area contributed by atoms with Crippen molar-refractivity contribution in [2.45, 2.75) is 45.0 Å². The number of nitrogens with one attached hydrogen (secondary N) is 1. The van der Waals surface area contributed by atoms with Crippen molar-refractivity contribution >= 4 is 14.0 Å². The maximum absolute atomic E-state index is 6.44. The molecular weight excluding hydrogens is 280 g/mol. The molecule has 118 valence electrons. The largest absolute Gasteiger partial charge is 0.481 e. The molecule has 0 aliphatic heterocycles. The van der Waals surface area contributed by atoms with Crippen molar-refractivity contribution in [1.82, 2.24) is 4.98 Å². The van der Waals surface area contributed by atoms with Crippen LogP contribution >= 0.6 is 0 Å². The third-order valence-electron chi connectivity index (χ3n) is 4.09. The van der Waals surface area contributed by atoms with E-state index in [9.17, 15) is 0 Å². The molecule has 0 bridgehead atoms. The fourth-order valence-corrected chi connectivity index (χ4v) is 2.90. The number of methoxy groups -OCH3 is 1. The fourth-order valence-electron chi connectivity index (χ4n) is 1.71. The van der Waals surface area contributed by atoms with Crippen LogP contribution in [0.3, 0.4) is 0 Å². The summed E-state index contributed by atoms with van der Waals surface area (Å²) in [5.74, 6) is 0.578. The summed E-state index contributed by atoms with van der Waals surface area (Å²) in [5.41, 5.74) is 1.75. The number of rotatable bonds is 6. The quantitative estimate of drug-likeness (QED) is 0.625. The minimum absolute atomic E-state index is 0.132. The summed E-state index contributed by atoms with van der Waals surface area (Å²) in [6.45, 7) is 15.0. The van der Waals surface area contributed by atoms with Gasteiger partial charge in [0.2, 0.25) is 5.88 Å². The summed E-state index contributed by atoms with van der Waals surface area (Å²) >= 11 is 0. The Morgan fingerprint density at radius 3 is 2.38 bits per heavy atom. The fraction of sp³-hybridized carbons (Fsp3) is 0.562. The van der Waals surface area contributed by atoms with E-state index >= 15 is 0 Å². The van der Waals surface area contributed by atoms with Crippen LogP contribution in [0.2, 0.25) is 18.1 Å². The first-order chi connectivity index (χ1) is 9.66. The zero-order chi connectivity index (χ0) is 16.3. The Labute approximate surface area is 129 Å². The van der Waals surface area contributed by atoms with Gasteiger partial charge in [0.1, 0.15) is 6.10 Å². The molecule has 0 radical (unpaired) electrons. The van der Waals surface area contributed by atoms with Gasteiger partial charge in [0, 0.05) is 13.1 Å². The minimum Gasteiger partial charge on any atom is -0.481 e. The SMILES string of the molecule is C=CC(O[Si](C)(C)C(C)(C)C)c1nc(OC)ccc1NC. The predicted molar refractivity (Wildman–Crippen MR) is 91.6 cm³/mol. The van der Waals surface area contributed by atoms with Crippen LogP contribution in [-0.2, 0) is 4.43 Å². The van der Waals surface area contributed by atoms with Crippen LogP contribution < -0.4 is 10.1 Å². The lowest BCUT2D eigenvalue weighted by atomic mass is 10.2. The third-order valence-corrected chi connectivity index (χ3v) is 8.54. The lowest BCUT2D eigenvalue weighted by Crippen LogP contribution is -2.41. The van der Waals surface area contributed by atoms with E-state index in [1.807, 2.05) is 25.3 Å². The summed E-state index contributed by atoms with van der Waals surface area (Å²) in [4.78, 5) is 4.54. The van der Waals surface area contributed by atoms with Gasteiger partial charge in [-0.15, -0.1) is 6.58 Å². The lowest BCUT2D eigenvalue weighted by Gasteiger charge is -2.38. The number of hydrogen-bond donors (Lipinski definition) is 1. The van der Waals surface area contributed by atoms with E-state index in [1.165, 1.54) is 0 Å². The summed E-state index contributed by atoms with van der Waals surface area (Å²) in [6, 6.07) is 3.79. The van der Waals surface area contributed by atoms with Crippen molar-refractivity contribution in [3.63, 3.8) is 0 Å². The van der Waals surface area contributed by atoms with Crippen molar-refractivity contribution in [2.24, 2.45) is 0 Å². The first-order valence-corrected chi connectivity index (χ1v) is 10.1. The molecule has 21 heavy (non-hydrogen) atoms. The van der Waals surface area contributed by atoms with Crippen LogP contribution in [0.15, 0.2) is 24.8 Å². The minimum atomic E-state index is -1.91. The summed E-state index contributed by atoms with van der Waals surface area (Å²) in [5, 5.41) is 3.29. The van der Waals surface area contributed by atoms with Gasteiger partial charge >= 0.3 is 0 Å². The molecule has 0 aliphatic rings. The Balaban J connectivity index is 3.19.